The summed E-state index contributed by atoms with van der Waals surface area (Å²) in [6.45, 7) is 5.68. The smallest absolute Gasteiger partial charge is 0.338 e. The van der Waals surface area contributed by atoms with Crippen LogP contribution in [0.2, 0.25) is 0 Å². The lowest BCUT2D eigenvalue weighted by atomic mass is 9.78. The number of thioether (sulfide) groups is 1. The van der Waals surface area contributed by atoms with Crippen molar-refractivity contribution in [2.45, 2.75) is 26.7 Å². The molecule has 0 aliphatic carbocycles. The molecule has 1 aromatic carbocycles. The Bertz CT molecular complexity index is 857. The largest absolute Gasteiger partial charge is 0.465 e. The van der Waals surface area contributed by atoms with Gasteiger partial charge >= 0.3 is 11.9 Å². The van der Waals surface area contributed by atoms with Gasteiger partial charge in [-0.3, -0.25) is 4.79 Å². The van der Waals surface area contributed by atoms with Crippen LogP contribution in [0.4, 0.5) is 0 Å². The summed E-state index contributed by atoms with van der Waals surface area (Å²) >= 11 is 1.37. The van der Waals surface area contributed by atoms with Crippen LogP contribution in [0.5, 0.6) is 0 Å². The number of nitriles is 1. The van der Waals surface area contributed by atoms with E-state index in [4.69, 9.17) is 15.2 Å². The molecule has 0 bridgehead atoms. The molecule has 1 aliphatic heterocycles. The summed E-state index contributed by atoms with van der Waals surface area (Å²) in [4.78, 5) is 29.9. The van der Waals surface area contributed by atoms with Crippen LogP contribution in [-0.2, 0) is 19.1 Å². The Balaban J connectivity index is 2.70. The van der Waals surface area contributed by atoms with Crippen molar-refractivity contribution in [3.05, 3.63) is 46.8 Å². The highest BCUT2D eigenvalue weighted by molar-refractivity contribution is 8.14. The van der Waals surface area contributed by atoms with E-state index < -0.39 is 23.8 Å². The van der Waals surface area contributed by atoms with E-state index in [2.05, 4.69) is 11.1 Å². The van der Waals surface area contributed by atoms with Crippen molar-refractivity contribution in [3.8, 4) is 6.07 Å². The first-order chi connectivity index (χ1) is 13.5. The number of benzene rings is 1. The fourth-order valence-electron chi connectivity index (χ4n) is 3.06. The van der Waals surface area contributed by atoms with Gasteiger partial charge in [0.1, 0.15) is 11.7 Å². The molecule has 28 heavy (non-hydrogen) atoms. The minimum absolute atomic E-state index is 0.0160. The van der Waals surface area contributed by atoms with E-state index in [0.29, 0.717) is 21.9 Å². The average Bonchev–Trinajstić information content (AvgIpc) is 2.68. The van der Waals surface area contributed by atoms with Gasteiger partial charge < -0.3 is 15.2 Å². The minimum Gasteiger partial charge on any atom is -0.465 e. The van der Waals surface area contributed by atoms with Gasteiger partial charge in [0.25, 0.3) is 0 Å². The first kappa shape index (κ1) is 21.5. The second kappa shape index (κ2) is 9.95. The van der Waals surface area contributed by atoms with Crippen LogP contribution in [0.25, 0.3) is 0 Å². The molecule has 2 rings (SSSR count). The first-order valence-corrected chi connectivity index (χ1v) is 10.0. The molecule has 0 spiro atoms. The summed E-state index contributed by atoms with van der Waals surface area (Å²) in [5.41, 5.74) is 7.25. The quantitative estimate of drug-likeness (QED) is 0.729. The van der Waals surface area contributed by atoms with Gasteiger partial charge in [0, 0.05) is 5.92 Å². The normalized spacial score (nSPS) is 18.9. The highest BCUT2D eigenvalue weighted by Crippen LogP contribution is 2.41. The Morgan fingerprint density at radius 2 is 1.96 bits per heavy atom. The molecule has 148 valence electrons. The average molecular weight is 401 g/mol. The molecule has 2 N–H and O–H groups in total. The molecule has 0 amide bonds. The maximum Gasteiger partial charge on any atom is 0.338 e. The fourth-order valence-corrected chi connectivity index (χ4v) is 3.93. The van der Waals surface area contributed by atoms with Crippen molar-refractivity contribution in [1.29, 1.82) is 5.26 Å². The molecule has 1 aromatic rings. The molecule has 2 unspecified atom stereocenters. The minimum atomic E-state index is -0.842. The van der Waals surface area contributed by atoms with Crippen LogP contribution in [-0.4, -0.2) is 35.9 Å². The number of ether oxygens (including phenoxy) is 2. The van der Waals surface area contributed by atoms with Gasteiger partial charge in [-0.15, -0.1) is 11.8 Å². The molecule has 8 heteroatoms. The van der Waals surface area contributed by atoms with Crippen molar-refractivity contribution in [1.82, 2.24) is 0 Å². The van der Waals surface area contributed by atoms with Crippen LogP contribution >= 0.6 is 11.8 Å². The monoisotopic (exact) mass is 401 g/mol. The van der Waals surface area contributed by atoms with Gasteiger partial charge in [-0.2, -0.15) is 5.26 Å². The van der Waals surface area contributed by atoms with Crippen LogP contribution < -0.4 is 5.73 Å². The van der Waals surface area contributed by atoms with Gasteiger partial charge in [0.2, 0.25) is 0 Å². The number of esters is 2. The van der Waals surface area contributed by atoms with Crippen LogP contribution in [0.3, 0.4) is 0 Å². The number of carbonyl (C=O) groups excluding carboxylic acids is 2. The third-order valence-electron chi connectivity index (χ3n) is 4.12. The number of hydrogen-bond acceptors (Lipinski definition) is 8. The van der Waals surface area contributed by atoms with Gasteiger partial charge in [-0.1, -0.05) is 19.1 Å². The van der Waals surface area contributed by atoms with E-state index in [-0.39, 0.29) is 24.6 Å². The summed E-state index contributed by atoms with van der Waals surface area (Å²) < 4.78 is 10.4. The van der Waals surface area contributed by atoms with Crippen LogP contribution in [0.1, 0.15) is 37.8 Å². The molecular formula is C20H23N3O4S. The lowest BCUT2D eigenvalue weighted by molar-refractivity contribution is -0.146. The summed E-state index contributed by atoms with van der Waals surface area (Å²) in [6, 6.07) is 8.83. The van der Waals surface area contributed by atoms with Crippen molar-refractivity contribution in [2.24, 2.45) is 16.6 Å². The number of hydrogen-bond donors (Lipinski definition) is 1. The Kier molecular flexibility index (Phi) is 7.64. The molecule has 0 aromatic heterocycles. The topological polar surface area (TPSA) is 115 Å². The Labute approximate surface area is 168 Å². The number of aliphatic imine (C=N–C) groups is 1. The number of nitrogens with two attached hydrogens (primary N) is 1. The zero-order valence-corrected chi connectivity index (χ0v) is 16.9. The van der Waals surface area contributed by atoms with E-state index in [1.807, 2.05) is 6.92 Å². The maximum absolute atomic E-state index is 12.9. The van der Waals surface area contributed by atoms with E-state index in [1.54, 1.807) is 38.1 Å². The summed E-state index contributed by atoms with van der Waals surface area (Å²) in [5.74, 6) is -2.04. The van der Waals surface area contributed by atoms with Gasteiger partial charge in [-0.05, 0) is 37.3 Å². The summed E-state index contributed by atoms with van der Waals surface area (Å²) in [7, 11) is 0. The lowest BCUT2D eigenvalue weighted by Crippen LogP contribution is -2.38. The third kappa shape index (κ3) is 4.54. The van der Waals surface area contributed by atoms with Gasteiger partial charge in [0.05, 0.1) is 35.5 Å². The SMILES string of the molecule is CCOC(=O)C1=C(N)N=C(SCC)C(C(=O)OCC)C1c1cccc(C#N)c1. The molecule has 7 nitrogen and oxygen atoms in total. The van der Waals surface area contributed by atoms with Crippen molar-refractivity contribution < 1.29 is 19.1 Å². The third-order valence-corrected chi connectivity index (χ3v) is 5.05. The molecule has 0 radical (unpaired) electrons. The molecule has 1 aliphatic rings. The molecular weight excluding hydrogens is 378 g/mol. The number of carbonyl (C=O) groups is 2. The molecule has 1 heterocycles. The summed E-state index contributed by atoms with van der Waals surface area (Å²) in [5, 5.41) is 9.75. The van der Waals surface area contributed by atoms with Crippen molar-refractivity contribution in [2.75, 3.05) is 19.0 Å². The number of nitrogens with zero attached hydrogens (tertiary/aromatic N) is 2. The van der Waals surface area contributed by atoms with E-state index in [9.17, 15) is 14.9 Å². The Morgan fingerprint density at radius 3 is 2.57 bits per heavy atom. The van der Waals surface area contributed by atoms with E-state index in [1.165, 1.54) is 11.8 Å². The van der Waals surface area contributed by atoms with E-state index in [0.717, 1.165) is 0 Å². The second-order valence-corrected chi connectivity index (χ2v) is 7.13. The maximum atomic E-state index is 12.9. The van der Waals surface area contributed by atoms with Crippen molar-refractivity contribution >= 4 is 28.7 Å². The lowest BCUT2D eigenvalue weighted by Gasteiger charge is -2.31. The van der Waals surface area contributed by atoms with Crippen LogP contribution in [0.15, 0.2) is 40.7 Å². The first-order valence-electron chi connectivity index (χ1n) is 9.03. The molecule has 0 saturated heterocycles. The fraction of sp³-hybridized carbons (Fsp3) is 0.400. The Hall–Kier alpha value is -2.79. The number of rotatable bonds is 6. The van der Waals surface area contributed by atoms with Crippen LogP contribution in [0, 0.1) is 17.2 Å². The summed E-state index contributed by atoms with van der Waals surface area (Å²) in [6.07, 6.45) is 0. The van der Waals surface area contributed by atoms with Gasteiger partial charge in [-0.25, -0.2) is 9.79 Å². The molecule has 0 saturated carbocycles. The molecule has 0 fully saturated rings. The van der Waals surface area contributed by atoms with Crippen molar-refractivity contribution in [3.63, 3.8) is 0 Å². The highest BCUT2D eigenvalue weighted by atomic mass is 32.2. The highest BCUT2D eigenvalue weighted by Gasteiger charge is 2.44. The predicted molar refractivity (Wildman–Crippen MR) is 107 cm³/mol. The predicted octanol–water partition coefficient (Wildman–Crippen LogP) is 2.72. The second-order valence-electron chi connectivity index (χ2n) is 5.85. The zero-order valence-electron chi connectivity index (χ0n) is 16.1. The Morgan fingerprint density at radius 1 is 1.25 bits per heavy atom. The van der Waals surface area contributed by atoms with E-state index >= 15 is 0 Å². The standard InChI is InChI=1S/C20H23N3O4S/c1-4-26-19(24)15-14(13-9-7-8-12(10-13)11-21)16(20(25)27-5-2)18(28-6-3)23-17(15)22/h7-10,14,16H,4-6,22H2,1-3H3. The molecule has 2 atom stereocenters. The van der Waals surface area contributed by atoms with Gasteiger partial charge in [0.15, 0.2) is 0 Å². The zero-order chi connectivity index (χ0) is 20.7.